The first-order chi connectivity index (χ1) is 15.5. The summed E-state index contributed by atoms with van der Waals surface area (Å²) < 4.78 is 17.9. The Balaban J connectivity index is 1.79. The number of methoxy groups -OCH3 is 2. The highest BCUT2D eigenvalue weighted by Gasteiger charge is 2.40. The van der Waals surface area contributed by atoms with Crippen molar-refractivity contribution in [2.75, 3.05) is 28.3 Å². The summed E-state index contributed by atoms with van der Waals surface area (Å²) in [6.45, 7) is 0. The lowest BCUT2D eigenvalue weighted by Crippen LogP contribution is -2.34. The topological polar surface area (TPSA) is 48.0 Å². The van der Waals surface area contributed by atoms with E-state index < -0.39 is 0 Å². The van der Waals surface area contributed by atoms with Gasteiger partial charge in [0.1, 0.15) is 17.6 Å². The van der Waals surface area contributed by atoms with E-state index in [4.69, 9.17) is 14.2 Å². The van der Waals surface area contributed by atoms with Crippen molar-refractivity contribution in [1.82, 2.24) is 4.90 Å². The predicted octanol–water partition coefficient (Wildman–Crippen LogP) is 5.39. The van der Waals surface area contributed by atoms with E-state index in [1.165, 1.54) is 0 Å². The van der Waals surface area contributed by atoms with Crippen LogP contribution >= 0.6 is 0 Å². The highest BCUT2D eigenvalue weighted by Crippen LogP contribution is 2.50. The molecular weight excluding hydrogens is 402 g/mol. The third-order valence-corrected chi connectivity index (χ3v) is 6.03. The quantitative estimate of drug-likeness (QED) is 0.469. The molecule has 0 bridgehead atoms. The maximum absolute atomic E-state index is 13.1. The predicted molar refractivity (Wildman–Crippen MR) is 124 cm³/mol. The number of Topliss-reactive ketones (excluding diaryl/α,β-unsaturated/α-hetero) is 1. The molecule has 0 aliphatic carbocycles. The number of nitrogens with zero attached hydrogens (tertiary/aromatic N) is 1. The summed E-state index contributed by atoms with van der Waals surface area (Å²) in [5.74, 6) is 1.53. The van der Waals surface area contributed by atoms with Gasteiger partial charge in [-0.25, -0.2) is 0 Å². The molecule has 0 radical (unpaired) electrons. The normalized spacial score (nSPS) is 20.0. The molecule has 0 saturated heterocycles. The van der Waals surface area contributed by atoms with Crippen LogP contribution in [0.4, 0.5) is 0 Å². The summed E-state index contributed by atoms with van der Waals surface area (Å²) in [6.07, 6.45) is -0.432. The average molecular weight is 432 g/mol. The lowest BCUT2D eigenvalue weighted by Gasteiger charge is -2.42. The first-order valence-electron chi connectivity index (χ1n) is 10.7. The second-order valence-electron chi connectivity index (χ2n) is 8.18. The van der Waals surface area contributed by atoms with E-state index in [-0.39, 0.29) is 30.5 Å². The number of benzene rings is 3. The number of ketones is 1. The van der Waals surface area contributed by atoms with Crippen molar-refractivity contribution >= 4 is 5.78 Å². The number of carbonyl (C=O) groups excluding carboxylic acids is 1. The zero-order chi connectivity index (χ0) is 22.7. The van der Waals surface area contributed by atoms with Gasteiger partial charge in [-0.05, 0) is 43.4 Å². The van der Waals surface area contributed by atoms with Crippen LogP contribution in [0.5, 0.6) is 11.5 Å². The van der Waals surface area contributed by atoms with E-state index >= 15 is 0 Å². The second-order valence-corrected chi connectivity index (χ2v) is 8.18. The van der Waals surface area contributed by atoms with Crippen molar-refractivity contribution in [2.24, 2.45) is 0 Å². The molecule has 3 aromatic carbocycles. The number of likely N-dealkylation sites (N-methyl/N-ethyl adjacent to an activating group) is 1. The van der Waals surface area contributed by atoms with Crippen LogP contribution in [0.1, 0.15) is 51.7 Å². The molecule has 0 unspecified atom stereocenters. The van der Waals surface area contributed by atoms with Crippen LogP contribution in [0.25, 0.3) is 0 Å². The standard InChI is InChI=1S/C27H29NO4/c1-28(2)26-21-13-9-8-12-20(21)25(17-23(29)18-10-6-5-7-11-18)32-27(26)22-16-19(30-3)14-15-24(22)31-4/h5-16,25-27H,17H2,1-4H3/t25-,26-,27+/m0/s1. The Labute approximate surface area is 189 Å². The van der Waals surface area contributed by atoms with Crippen molar-refractivity contribution in [2.45, 2.75) is 24.7 Å². The summed E-state index contributed by atoms with van der Waals surface area (Å²) in [5, 5.41) is 0. The fourth-order valence-corrected chi connectivity index (χ4v) is 4.48. The number of fused-ring (bicyclic) bond motifs is 1. The summed E-state index contributed by atoms with van der Waals surface area (Å²) in [4.78, 5) is 15.2. The maximum Gasteiger partial charge on any atom is 0.165 e. The van der Waals surface area contributed by atoms with Crippen molar-refractivity contribution in [1.29, 1.82) is 0 Å². The number of carbonyl (C=O) groups is 1. The smallest absolute Gasteiger partial charge is 0.165 e. The van der Waals surface area contributed by atoms with Gasteiger partial charge in [0.2, 0.25) is 0 Å². The zero-order valence-corrected chi connectivity index (χ0v) is 18.9. The fourth-order valence-electron chi connectivity index (χ4n) is 4.48. The monoisotopic (exact) mass is 431 g/mol. The summed E-state index contributed by atoms with van der Waals surface area (Å²) in [7, 11) is 7.39. The van der Waals surface area contributed by atoms with Crippen LogP contribution < -0.4 is 9.47 Å². The molecule has 3 atom stereocenters. The van der Waals surface area contributed by atoms with E-state index in [1.54, 1.807) is 14.2 Å². The molecule has 0 aromatic heterocycles. The summed E-state index contributed by atoms with van der Waals surface area (Å²) in [6, 6.07) is 23.3. The van der Waals surface area contributed by atoms with Gasteiger partial charge in [-0.15, -0.1) is 0 Å². The molecule has 166 valence electrons. The molecule has 0 N–H and O–H groups in total. The number of hydrogen-bond acceptors (Lipinski definition) is 5. The van der Waals surface area contributed by atoms with E-state index in [2.05, 4.69) is 17.0 Å². The number of rotatable bonds is 7. The van der Waals surface area contributed by atoms with Crippen molar-refractivity contribution in [3.05, 3.63) is 95.1 Å². The third-order valence-electron chi connectivity index (χ3n) is 6.03. The summed E-state index contributed by atoms with van der Waals surface area (Å²) >= 11 is 0. The van der Waals surface area contributed by atoms with Crippen LogP contribution in [0.3, 0.4) is 0 Å². The van der Waals surface area contributed by atoms with E-state index in [0.29, 0.717) is 5.56 Å². The van der Waals surface area contributed by atoms with Gasteiger partial charge < -0.3 is 14.2 Å². The van der Waals surface area contributed by atoms with Crippen molar-refractivity contribution < 1.29 is 19.0 Å². The molecule has 0 spiro atoms. The summed E-state index contributed by atoms with van der Waals surface area (Å²) in [5.41, 5.74) is 3.80. The van der Waals surface area contributed by atoms with E-state index in [9.17, 15) is 4.79 Å². The molecule has 5 heteroatoms. The highest BCUT2D eigenvalue weighted by atomic mass is 16.5. The van der Waals surface area contributed by atoms with Crippen LogP contribution in [-0.2, 0) is 4.74 Å². The second kappa shape index (κ2) is 9.55. The third kappa shape index (κ3) is 4.27. The molecule has 32 heavy (non-hydrogen) atoms. The first kappa shape index (κ1) is 22.1. The highest BCUT2D eigenvalue weighted by molar-refractivity contribution is 5.96. The number of hydrogen-bond donors (Lipinski definition) is 0. The molecular formula is C27H29NO4. The van der Waals surface area contributed by atoms with Crippen LogP contribution in [0.15, 0.2) is 72.8 Å². The van der Waals surface area contributed by atoms with Gasteiger partial charge in [-0.2, -0.15) is 0 Å². The van der Waals surface area contributed by atoms with E-state index in [1.807, 2.05) is 74.8 Å². The van der Waals surface area contributed by atoms with Crippen LogP contribution in [0, 0.1) is 0 Å². The molecule has 5 nitrogen and oxygen atoms in total. The Morgan fingerprint density at radius 1 is 0.875 bits per heavy atom. The molecule has 0 saturated carbocycles. The molecule has 1 aliphatic heterocycles. The lowest BCUT2D eigenvalue weighted by molar-refractivity contribution is -0.0726. The maximum atomic E-state index is 13.1. The van der Waals surface area contributed by atoms with Crippen molar-refractivity contribution in [3.63, 3.8) is 0 Å². The Hall–Kier alpha value is -3.15. The Kier molecular flexibility index (Phi) is 6.58. The van der Waals surface area contributed by atoms with Gasteiger partial charge in [0.05, 0.1) is 26.4 Å². The van der Waals surface area contributed by atoms with Gasteiger partial charge in [0.25, 0.3) is 0 Å². The van der Waals surface area contributed by atoms with Crippen LogP contribution in [-0.4, -0.2) is 39.0 Å². The molecule has 4 rings (SSSR count). The molecule has 0 fully saturated rings. The fraction of sp³-hybridized carbons (Fsp3) is 0.296. The Morgan fingerprint density at radius 2 is 1.56 bits per heavy atom. The average Bonchev–Trinajstić information content (AvgIpc) is 2.83. The minimum Gasteiger partial charge on any atom is -0.497 e. The van der Waals surface area contributed by atoms with Gasteiger partial charge in [0, 0.05) is 17.5 Å². The van der Waals surface area contributed by atoms with Gasteiger partial charge >= 0.3 is 0 Å². The zero-order valence-electron chi connectivity index (χ0n) is 18.9. The minimum atomic E-state index is -0.365. The minimum absolute atomic E-state index is 0.0460. The Morgan fingerprint density at radius 3 is 2.22 bits per heavy atom. The molecule has 3 aromatic rings. The number of ether oxygens (including phenoxy) is 3. The van der Waals surface area contributed by atoms with Crippen molar-refractivity contribution in [3.8, 4) is 11.5 Å². The largest absolute Gasteiger partial charge is 0.497 e. The van der Waals surface area contributed by atoms with Gasteiger partial charge in [-0.1, -0.05) is 54.6 Å². The lowest BCUT2D eigenvalue weighted by atomic mass is 9.84. The van der Waals surface area contributed by atoms with Gasteiger partial charge in [-0.3, -0.25) is 9.69 Å². The van der Waals surface area contributed by atoms with Crippen LogP contribution in [0.2, 0.25) is 0 Å². The Bertz CT molecular complexity index is 1080. The molecule has 1 heterocycles. The SMILES string of the molecule is COc1ccc(OC)c([C@H]2O[C@@H](CC(=O)c3ccccc3)c3ccccc3[C@@H]2N(C)C)c1. The molecule has 1 aliphatic rings. The first-order valence-corrected chi connectivity index (χ1v) is 10.7. The van der Waals surface area contributed by atoms with E-state index in [0.717, 1.165) is 28.2 Å². The van der Waals surface area contributed by atoms with Gasteiger partial charge in [0.15, 0.2) is 5.78 Å². The molecule has 0 amide bonds.